The Morgan fingerprint density at radius 3 is 2.47 bits per heavy atom. The van der Waals surface area contributed by atoms with E-state index in [-0.39, 0.29) is 0 Å². The number of hydrogen-bond acceptors (Lipinski definition) is 3. The SMILES string of the molecule is Ic1ccc(N2CC3CCC(CNC3)C2)cn1. The molecule has 2 fully saturated rings. The molecule has 0 saturated carbocycles. The second kappa shape index (κ2) is 5.10. The third-order valence-corrected chi connectivity index (χ3v) is 4.52. The third kappa shape index (κ3) is 2.73. The predicted octanol–water partition coefficient (Wildman–Crippen LogP) is 2.12. The highest BCUT2D eigenvalue weighted by Crippen LogP contribution is 2.27. The van der Waals surface area contributed by atoms with Gasteiger partial charge in [-0.2, -0.15) is 0 Å². The third-order valence-electron chi connectivity index (χ3n) is 3.88. The second-order valence-electron chi connectivity index (χ2n) is 5.21. The predicted molar refractivity (Wildman–Crippen MR) is 78.3 cm³/mol. The van der Waals surface area contributed by atoms with Crippen molar-refractivity contribution >= 4 is 28.3 Å². The van der Waals surface area contributed by atoms with Crippen molar-refractivity contribution in [1.82, 2.24) is 10.3 Å². The zero-order chi connectivity index (χ0) is 11.7. The number of fused-ring (bicyclic) bond motifs is 3. The molecule has 3 rings (SSSR count). The van der Waals surface area contributed by atoms with Gasteiger partial charge in [0.1, 0.15) is 3.70 Å². The van der Waals surface area contributed by atoms with E-state index < -0.39 is 0 Å². The fourth-order valence-corrected chi connectivity index (χ4v) is 3.26. The van der Waals surface area contributed by atoms with E-state index in [4.69, 9.17) is 0 Å². The number of nitrogens with zero attached hydrogens (tertiary/aromatic N) is 2. The van der Waals surface area contributed by atoms with Crippen LogP contribution in [0, 0.1) is 15.5 Å². The molecule has 0 aromatic carbocycles. The number of anilines is 1. The van der Waals surface area contributed by atoms with Crippen LogP contribution in [0.5, 0.6) is 0 Å². The quantitative estimate of drug-likeness (QED) is 0.626. The van der Waals surface area contributed by atoms with Crippen LogP contribution in [0.2, 0.25) is 0 Å². The molecular formula is C13H18IN3. The molecule has 3 nitrogen and oxygen atoms in total. The summed E-state index contributed by atoms with van der Waals surface area (Å²) >= 11 is 2.26. The summed E-state index contributed by atoms with van der Waals surface area (Å²) < 4.78 is 1.07. The molecule has 0 radical (unpaired) electrons. The number of aromatic nitrogens is 1. The highest BCUT2D eigenvalue weighted by Gasteiger charge is 2.27. The van der Waals surface area contributed by atoms with Gasteiger partial charge in [0.15, 0.2) is 0 Å². The molecule has 2 aliphatic rings. The van der Waals surface area contributed by atoms with Crippen LogP contribution < -0.4 is 10.2 Å². The summed E-state index contributed by atoms with van der Waals surface area (Å²) in [5, 5.41) is 3.59. The summed E-state index contributed by atoms with van der Waals surface area (Å²) in [7, 11) is 0. The van der Waals surface area contributed by atoms with Gasteiger partial charge < -0.3 is 10.2 Å². The van der Waals surface area contributed by atoms with Crippen molar-refractivity contribution in [3.8, 4) is 0 Å². The lowest BCUT2D eigenvalue weighted by Gasteiger charge is -2.30. The largest absolute Gasteiger partial charge is 0.370 e. The van der Waals surface area contributed by atoms with Crippen LogP contribution in [0.15, 0.2) is 18.3 Å². The van der Waals surface area contributed by atoms with Crippen molar-refractivity contribution in [2.24, 2.45) is 11.8 Å². The van der Waals surface area contributed by atoms with E-state index in [0.29, 0.717) is 0 Å². The minimum atomic E-state index is 0.807. The lowest BCUT2D eigenvalue weighted by molar-refractivity contribution is 0.459. The standard InChI is InChI=1S/C13H18IN3/c14-13-4-3-12(7-16-13)17-8-10-1-2-11(9-17)6-15-5-10/h3-4,7,10-11,15H,1-2,5-6,8-9H2. The Balaban J connectivity index is 1.81. The summed E-state index contributed by atoms with van der Waals surface area (Å²) in [6, 6.07) is 4.32. The van der Waals surface area contributed by atoms with Gasteiger partial charge in [0.2, 0.25) is 0 Å². The Hall–Kier alpha value is -0.360. The van der Waals surface area contributed by atoms with Gasteiger partial charge in [-0.25, -0.2) is 4.98 Å². The van der Waals surface area contributed by atoms with Gasteiger partial charge >= 0.3 is 0 Å². The molecule has 4 heteroatoms. The first kappa shape index (κ1) is 11.7. The maximum Gasteiger partial charge on any atom is 0.101 e. The first-order valence-corrected chi connectivity index (χ1v) is 7.46. The molecule has 2 atom stereocenters. The van der Waals surface area contributed by atoms with E-state index in [1.165, 1.54) is 44.7 Å². The van der Waals surface area contributed by atoms with Crippen LogP contribution in [-0.2, 0) is 0 Å². The molecule has 0 spiro atoms. The summed E-state index contributed by atoms with van der Waals surface area (Å²) in [6.07, 6.45) is 4.79. The van der Waals surface area contributed by atoms with E-state index in [9.17, 15) is 0 Å². The maximum absolute atomic E-state index is 4.41. The van der Waals surface area contributed by atoms with Crippen LogP contribution in [-0.4, -0.2) is 31.2 Å². The highest BCUT2D eigenvalue weighted by atomic mass is 127. The maximum atomic E-state index is 4.41. The van der Waals surface area contributed by atoms with Crippen LogP contribution in [0.3, 0.4) is 0 Å². The van der Waals surface area contributed by atoms with Gasteiger partial charge in [0.05, 0.1) is 11.9 Å². The minimum Gasteiger partial charge on any atom is -0.370 e. The number of hydrogen-bond donors (Lipinski definition) is 1. The number of halogens is 1. The summed E-state index contributed by atoms with van der Waals surface area (Å²) in [4.78, 5) is 6.94. The normalized spacial score (nSPS) is 28.9. The van der Waals surface area contributed by atoms with Crippen LogP contribution in [0.1, 0.15) is 12.8 Å². The number of nitrogens with one attached hydrogen (secondary N) is 1. The molecular weight excluding hydrogens is 325 g/mol. The van der Waals surface area contributed by atoms with Crippen molar-refractivity contribution in [2.75, 3.05) is 31.1 Å². The van der Waals surface area contributed by atoms with E-state index in [1.54, 1.807) is 0 Å². The Morgan fingerprint density at radius 2 is 1.88 bits per heavy atom. The zero-order valence-corrected chi connectivity index (χ0v) is 12.1. The molecule has 92 valence electrons. The Morgan fingerprint density at radius 1 is 1.18 bits per heavy atom. The van der Waals surface area contributed by atoms with E-state index >= 15 is 0 Å². The van der Waals surface area contributed by atoms with Gasteiger partial charge in [-0.05, 0) is 72.5 Å². The monoisotopic (exact) mass is 343 g/mol. The first-order chi connectivity index (χ1) is 8.31. The Labute approximate surface area is 116 Å². The van der Waals surface area contributed by atoms with Crippen molar-refractivity contribution in [3.05, 3.63) is 22.0 Å². The Kier molecular flexibility index (Phi) is 3.51. The summed E-state index contributed by atoms with van der Waals surface area (Å²) in [5.41, 5.74) is 1.30. The highest BCUT2D eigenvalue weighted by molar-refractivity contribution is 14.1. The summed E-state index contributed by atoms with van der Waals surface area (Å²) in [6.45, 7) is 4.74. The zero-order valence-electron chi connectivity index (χ0n) is 9.90. The molecule has 3 heterocycles. The smallest absolute Gasteiger partial charge is 0.101 e. The molecule has 2 unspecified atom stereocenters. The van der Waals surface area contributed by atoms with Crippen LogP contribution >= 0.6 is 22.6 Å². The molecule has 0 aliphatic carbocycles. The molecule has 1 N–H and O–H groups in total. The van der Waals surface area contributed by atoms with E-state index in [2.05, 4.69) is 49.9 Å². The molecule has 0 amide bonds. The molecule has 2 saturated heterocycles. The Bertz CT molecular complexity index is 365. The number of pyridine rings is 1. The van der Waals surface area contributed by atoms with E-state index in [1.807, 2.05) is 6.20 Å². The van der Waals surface area contributed by atoms with Crippen LogP contribution in [0.4, 0.5) is 5.69 Å². The van der Waals surface area contributed by atoms with Gasteiger partial charge in [0, 0.05) is 13.1 Å². The average molecular weight is 343 g/mol. The van der Waals surface area contributed by atoms with Gasteiger partial charge in [-0.1, -0.05) is 0 Å². The van der Waals surface area contributed by atoms with Gasteiger partial charge in [0.25, 0.3) is 0 Å². The van der Waals surface area contributed by atoms with Gasteiger partial charge in [-0.3, -0.25) is 0 Å². The lowest BCUT2D eigenvalue weighted by atomic mass is 10.0. The molecule has 2 aliphatic heterocycles. The number of rotatable bonds is 1. The van der Waals surface area contributed by atoms with Crippen molar-refractivity contribution < 1.29 is 0 Å². The lowest BCUT2D eigenvalue weighted by Crippen LogP contribution is -2.40. The van der Waals surface area contributed by atoms with Crippen molar-refractivity contribution in [3.63, 3.8) is 0 Å². The van der Waals surface area contributed by atoms with E-state index in [0.717, 1.165) is 15.5 Å². The van der Waals surface area contributed by atoms with Crippen LogP contribution in [0.25, 0.3) is 0 Å². The second-order valence-corrected chi connectivity index (χ2v) is 6.32. The topological polar surface area (TPSA) is 28.2 Å². The fourth-order valence-electron chi connectivity index (χ4n) is 2.94. The first-order valence-electron chi connectivity index (χ1n) is 6.38. The fraction of sp³-hybridized carbons (Fsp3) is 0.615. The average Bonchev–Trinajstić information content (AvgIpc) is 2.63. The minimum absolute atomic E-state index is 0.807. The van der Waals surface area contributed by atoms with Crippen molar-refractivity contribution in [1.29, 1.82) is 0 Å². The summed E-state index contributed by atoms with van der Waals surface area (Å²) in [5.74, 6) is 1.61. The molecule has 17 heavy (non-hydrogen) atoms. The molecule has 2 bridgehead atoms. The molecule has 1 aromatic rings. The van der Waals surface area contributed by atoms with Gasteiger partial charge in [-0.15, -0.1) is 0 Å². The molecule has 1 aromatic heterocycles. The van der Waals surface area contributed by atoms with Crippen molar-refractivity contribution in [2.45, 2.75) is 12.8 Å².